The van der Waals surface area contributed by atoms with E-state index in [2.05, 4.69) is 24.0 Å². The van der Waals surface area contributed by atoms with Crippen molar-refractivity contribution in [3.63, 3.8) is 0 Å². The Bertz CT molecular complexity index is 768. The number of hydrogen-bond acceptors (Lipinski definition) is 4. The van der Waals surface area contributed by atoms with Crippen molar-refractivity contribution < 1.29 is 4.79 Å². The standard InChI is InChI=1S/C20H24ClN3OS/c1-4-5-8-19(20(25)23(2)3)24(14-17-7-6-11-26-17)16-10-9-15(13-22)18(21)12-16/h6-7,9-12,19H,4-5,8,14H2,1-3H3/t19-/m0/s1. The van der Waals surface area contributed by atoms with Crippen LogP contribution < -0.4 is 4.90 Å². The van der Waals surface area contributed by atoms with E-state index in [-0.39, 0.29) is 11.9 Å². The number of thiophene rings is 1. The van der Waals surface area contributed by atoms with Crippen LogP contribution in [-0.2, 0) is 11.3 Å². The van der Waals surface area contributed by atoms with Gasteiger partial charge in [0, 0.05) is 24.7 Å². The number of hydrogen-bond donors (Lipinski definition) is 0. The molecule has 0 unspecified atom stereocenters. The quantitative estimate of drug-likeness (QED) is 0.643. The zero-order valence-corrected chi connectivity index (χ0v) is 17.0. The SMILES string of the molecule is CCCC[C@@H](C(=O)N(C)C)N(Cc1cccs1)c1ccc(C#N)c(Cl)c1. The van der Waals surface area contributed by atoms with Gasteiger partial charge in [0.05, 0.1) is 17.1 Å². The summed E-state index contributed by atoms with van der Waals surface area (Å²) in [6, 6.07) is 11.3. The molecule has 0 saturated carbocycles. The first kappa shape index (κ1) is 20.3. The molecule has 1 amide bonds. The molecule has 138 valence electrons. The monoisotopic (exact) mass is 389 g/mol. The molecule has 0 bridgehead atoms. The zero-order chi connectivity index (χ0) is 19.1. The highest BCUT2D eigenvalue weighted by Crippen LogP contribution is 2.29. The first-order valence-electron chi connectivity index (χ1n) is 8.67. The minimum atomic E-state index is -0.268. The van der Waals surface area contributed by atoms with Crippen molar-refractivity contribution in [1.29, 1.82) is 5.26 Å². The van der Waals surface area contributed by atoms with Crippen molar-refractivity contribution in [2.75, 3.05) is 19.0 Å². The molecule has 1 heterocycles. The molecule has 1 aromatic carbocycles. The van der Waals surface area contributed by atoms with Gasteiger partial charge < -0.3 is 9.80 Å². The number of nitriles is 1. The summed E-state index contributed by atoms with van der Waals surface area (Å²) in [5.74, 6) is 0.0792. The molecule has 0 aliphatic heterocycles. The van der Waals surface area contributed by atoms with Crippen LogP contribution in [0.5, 0.6) is 0 Å². The molecule has 2 rings (SSSR count). The van der Waals surface area contributed by atoms with Gasteiger partial charge in [0.25, 0.3) is 0 Å². The Morgan fingerprint density at radius 1 is 1.35 bits per heavy atom. The van der Waals surface area contributed by atoms with Crippen LogP contribution in [0.4, 0.5) is 5.69 Å². The number of benzene rings is 1. The summed E-state index contributed by atoms with van der Waals surface area (Å²) < 4.78 is 0. The van der Waals surface area contributed by atoms with Gasteiger partial charge in [-0.15, -0.1) is 11.3 Å². The highest BCUT2D eigenvalue weighted by atomic mass is 35.5. The largest absolute Gasteiger partial charge is 0.354 e. The van der Waals surface area contributed by atoms with Gasteiger partial charge in [0.15, 0.2) is 0 Å². The van der Waals surface area contributed by atoms with Gasteiger partial charge in [-0.3, -0.25) is 4.79 Å². The Kier molecular flexibility index (Phi) is 7.50. The summed E-state index contributed by atoms with van der Waals surface area (Å²) in [4.78, 5) is 17.8. The molecule has 0 spiro atoms. The first-order chi connectivity index (χ1) is 12.5. The summed E-state index contributed by atoms with van der Waals surface area (Å²) in [5.41, 5.74) is 1.30. The number of rotatable bonds is 8. The van der Waals surface area contributed by atoms with E-state index >= 15 is 0 Å². The van der Waals surface area contributed by atoms with Gasteiger partial charge in [-0.05, 0) is 36.1 Å². The highest BCUT2D eigenvalue weighted by Gasteiger charge is 2.28. The molecule has 0 N–H and O–H groups in total. The fourth-order valence-corrected chi connectivity index (χ4v) is 3.75. The Morgan fingerprint density at radius 2 is 2.12 bits per heavy atom. The Balaban J connectivity index is 2.45. The number of halogens is 1. The molecule has 0 saturated heterocycles. The van der Waals surface area contributed by atoms with Gasteiger partial charge in [-0.1, -0.05) is 37.4 Å². The third kappa shape index (κ3) is 5.00. The minimum Gasteiger partial charge on any atom is -0.354 e. The first-order valence-corrected chi connectivity index (χ1v) is 9.93. The van der Waals surface area contributed by atoms with Crippen LogP contribution in [0.25, 0.3) is 0 Å². The summed E-state index contributed by atoms with van der Waals surface area (Å²) in [6.45, 7) is 2.76. The third-order valence-corrected chi connectivity index (χ3v) is 5.42. The lowest BCUT2D eigenvalue weighted by molar-refractivity contribution is -0.130. The normalized spacial score (nSPS) is 11.7. The van der Waals surface area contributed by atoms with Crippen molar-refractivity contribution in [3.05, 3.63) is 51.2 Å². The van der Waals surface area contributed by atoms with Gasteiger partial charge in [-0.2, -0.15) is 5.26 Å². The predicted molar refractivity (Wildman–Crippen MR) is 109 cm³/mol. The highest BCUT2D eigenvalue weighted by molar-refractivity contribution is 7.09. The van der Waals surface area contributed by atoms with Crippen molar-refractivity contribution in [1.82, 2.24) is 4.90 Å². The van der Waals surface area contributed by atoms with Crippen LogP contribution in [0.3, 0.4) is 0 Å². The van der Waals surface area contributed by atoms with E-state index in [1.807, 2.05) is 17.5 Å². The van der Waals surface area contributed by atoms with E-state index in [0.29, 0.717) is 17.1 Å². The Labute approximate surface area is 164 Å². The van der Waals surface area contributed by atoms with Crippen LogP contribution in [0.15, 0.2) is 35.7 Å². The molecule has 4 nitrogen and oxygen atoms in total. The molecule has 6 heteroatoms. The van der Waals surface area contributed by atoms with Crippen molar-refractivity contribution in [2.45, 2.75) is 38.8 Å². The zero-order valence-electron chi connectivity index (χ0n) is 15.4. The van der Waals surface area contributed by atoms with Gasteiger partial charge in [0.2, 0.25) is 5.91 Å². The second-order valence-corrected chi connectivity index (χ2v) is 7.81. The number of carbonyl (C=O) groups excluding carboxylic acids is 1. The second-order valence-electron chi connectivity index (χ2n) is 6.37. The molecule has 26 heavy (non-hydrogen) atoms. The van der Waals surface area contributed by atoms with Crippen LogP contribution in [0.2, 0.25) is 5.02 Å². The lowest BCUT2D eigenvalue weighted by Crippen LogP contribution is -2.46. The molecule has 0 aliphatic rings. The van der Waals surface area contributed by atoms with Gasteiger partial charge in [0.1, 0.15) is 12.1 Å². The van der Waals surface area contributed by atoms with Gasteiger partial charge >= 0.3 is 0 Å². The minimum absolute atomic E-state index is 0.0792. The Hall–Kier alpha value is -2.03. The molecule has 1 atom stereocenters. The number of amides is 1. The van der Waals surface area contributed by atoms with E-state index in [4.69, 9.17) is 16.9 Å². The van der Waals surface area contributed by atoms with E-state index in [1.54, 1.807) is 42.5 Å². The lowest BCUT2D eigenvalue weighted by Gasteiger charge is -2.34. The topological polar surface area (TPSA) is 47.3 Å². The van der Waals surface area contributed by atoms with E-state index in [9.17, 15) is 4.79 Å². The number of anilines is 1. The van der Waals surface area contributed by atoms with E-state index < -0.39 is 0 Å². The van der Waals surface area contributed by atoms with E-state index in [1.165, 1.54) is 4.88 Å². The number of likely N-dealkylation sites (N-methyl/N-ethyl adjacent to an activating group) is 1. The van der Waals surface area contributed by atoms with Crippen molar-refractivity contribution in [3.8, 4) is 6.07 Å². The van der Waals surface area contributed by atoms with Crippen molar-refractivity contribution in [2.24, 2.45) is 0 Å². The molecular weight excluding hydrogens is 366 g/mol. The molecule has 0 fully saturated rings. The summed E-state index contributed by atoms with van der Waals surface area (Å²) in [5, 5.41) is 11.6. The number of carbonyl (C=O) groups is 1. The van der Waals surface area contributed by atoms with Gasteiger partial charge in [-0.25, -0.2) is 0 Å². The fraction of sp³-hybridized carbons (Fsp3) is 0.400. The summed E-state index contributed by atoms with van der Waals surface area (Å²) >= 11 is 7.93. The average molecular weight is 390 g/mol. The summed E-state index contributed by atoms with van der Waals surface area (Å²) in [6.07, 6.45) is 2.77. The molecule has 0 aliphatic carbocycles. The predicted octanol–water partition coefficient (Wildman–Crippen LogP) is 4.93. The third-order valence-electron chi connectivity index (χ3n) is 4.24. The average Bonchev–Trinajstić information content (AvgIpc) is 3.13. The number of unbranched alkanes of at least 4 members (excludes halogenated alkanes) is 1. The van der Waals surface area contributed by atoms with Crippen LogP contribution in [0.1, 0.15) is 36.6 Å². The lowest BCUT2D eigenvalue weighted by atomic mass is 10.0. The van der Waals surface area contributed by atoms with E-state index in [0.717, 1.165) is 24.9 Å². The van der Waals surface area contributed by atoms with Crippen LogP contribution in [0, 0.1) is 11.3 Å². The van der Waals surface area contributed by atoms with Crippen molar-refractivity contribution >= 4 is 34.5 Å². The maximum absolute atomic E-state index is 12.9. The maximum atomic E-state index is 12.9. The Morgan fingerprint density at radius 3 is 2.65 bits per heavy atom. The van der Waals surface area contributed by atoms with Crippen LogP contribution >= 0.6 is 22.9 Å². The maximum Gasteiger partial charge on any atom is 0.244 e. The number of nitrogens with zero attached hydrogens (tertiary/aromatic N) is 3. The molecule has 0 radical (unpaired) electrons. The molecule has 2 aromatic rings. The fourth-order valence-electron chi connectivity index (χ4n) is 2.83. The smallest absolute Gasteiger partial charge is 0.244 e. The summed E-state index contributed by atoms with van der Waals surface area (Å²) in [7, 11) is 3.58. The molecule has 1 aromatic heterocycles. The van der Waals surface area contributed by atoms with Crippen LogP contribution in [-0.4, -0.2) is 30.9 Å². The second kappa shape index (κ2) is 9.61. The molecular formula is C20H24ClN3OS.